The summed E-state index contributed by atoms with van der Waals surface area (Å²) in [5.41, 5.74) is 9.90. The van der Waals surface area contributed by atoms with E-state index < -0.39 is 24.2 Å². The number of carboxylic acids is 1. The molecule has 0 bridgehead atoms. The van der Waals surface area contributed by atoms with Gasteiger partial charge < -0.3 is 15.5 Å². The highest BCUT2D eigenvalue weighted by Crippen LogP contribution is 2.23. The molecule has 0 aromatic heterocycles. The molecule has 7 nitrogen and oxygen atoms in total. The smallest absolute Gasteiger partial charge is 0.332 e. The second-order valence-electron chi connectivity index (χ2n) is 8.74. The maximum atomic E-state index is 13.2. The van der Waals surface area contributed by atoms with Gasteiger partial charge in [0.15, 0.2) is 6.10 Å². The average Bonchev–Trinajstić information content (AvgIpc) is 3.36. The molecule has 182 valence electrons. The van der Waals surface area contributed by atoms with E-state index in [0.29, 0.717) is 12.8 Å². The van der Waals surface area contributed by atoms with Crippen LogP contribution in [-0.4, -0.2) is 40.3 Å². The summed E-state index contributed by atoms with van der Waals surface area (Å²) in [5, 5.41) is 22.0. The normalized spacial score (nSPS) is 19.1. The first kappa shape index (κ1) is 24.5. The molecule has 4 rings (SSSR count). The number of carbonyl (C=O) groups excluding carboxylic acids is 1. The molecule has 1 fully saturated rings. The van der Waals surface area contributed by atoms with E-state index in [0.717, 1.165) is 22.3 Å². The first-order valence-electron chi connectivity index (χ1n) is 11.5. The number of carbonyl (C=O) groups is 2. The molecule has 0 saturated carbocycles. The summed E-state index contributed by atoms with van der Waals surface area (Å²) in [7, 11) is 0. The lowest BCUT2D eigenvalue weighted by Crippen LogP contribution is -2.48. The third-order valence-corrected chi connectivity index (χ3v) is 6.17. The highest BCUT2D eigenvalue weighted by atomic mass is 19.1. The van der Waals surface area contributed by atoms with Gasteiger partial charge in [0.1, 0.15) is 11.9 Å². The number of aliphatic carboxylic acids is 1. The first-order valence-corrected chi connectivity index (χ1v) is 11.5. The maximum absolute atomic E-state index is 13.2. The molecule has 5 N–H and O–H groups in total. The van der Waals surface area contributed by atoms with Crippen molar-refractivity contribution in [3.63, 3.8) is 0 Å². The number of benzene rings is 3. The summed E-state index contributed by atoms with van der Waals surface area (Å²) in [6.45, 7) is 0. The zero-order chi connectivity index (χ0) is 24.8. The number of carboxylic acid groups (broad SMARTS) is 1. The molecule has 0 aliphatic carbocycles. The largest absolute Gasteiger partial charge is 0.479 e. The monoisotopic (exact) mass is 477 g/mol. The molecule has 1 amide bonds. The van der Waals surface area contributed by atoms with Gasteiger partial charge in [0.2, 0.25) is 5.91 Å². The Morgan fingerprint density at radius 2 is 1.60 bits per heavy atom. The van der Waals surface area contributed by atoms with Gasteiger partial charge in [0.05, 0.1) is 0 Å². The number of hydrogen-bond acceptors (Lipinski definition) is 5. The van der Waals surface area contributed by atoms with Crippen LogP contribution in [0.15, 0.2) is 78.9 Å². The van der Waals surface area contributed by atoms with Crippen molar-refractivity contribution in [3.05, 3.63) is 95.8 Å². The Kier molecular flexibility index (Phi) is 7.87. The van der Waals surface area contributed by atoms with Crippen molar-refractivity contribution >= 4 is 11.9 Å². The van der Waals surface area contributed by atoms with Gasteiger partial charge in [-0.25, -0.2) is 20.0 Å². The van der Waals surface area contributed by atoms with Crippen LogP contribution in [0.5, 0.6) is 0 Å². The molecule has 1 heterocycles. The second-order valence-corrected chi connectivity index (χ2v) is 8.74. The van der Waals surface area contributed by atoms with Crippen molar-refractivity contribution in [2.45, 2.75) is 43.5 Å². The standard InChI is InChI=1S/C27H28FN3O4/c28-21-12-10-20(11-13-21)23-16-24(31-30-23)26(33)29-22(15-25(32)27(34)35)14-17-6-8-19(9-7-17)18-4-2-1-3-5-18/h1-13,22-25,30-32H,14-16H2,(H,29,33)(H,34,35)/t22?,23?,24?,25-/m1/s1. The third-order valence-electron chi connectivity index (χ3n) is 6.17. The molecular formula is C27H28FN3O4. The molecule has 0 radical (unpaired) electrons. The van der Waals surface area contributed by atoms with Crippen LogP contribution in [0.3, 0.4) is 0 Å². The summed E-state index contributed by atoms with van der Waals surface area (Å²) < 4.78 is 13.2. The average molecular weight is 478 g/mol. The Hall–Kier alpha value is -3.59. The topological polar surface area (TPSA) is 111 Å². The van der Waals surface area contributed by atoms with Gasteiger partial charge in [-0.05, 0) is 47.2 Å². The van der Waals surface area contributed by atoms with E-state index in [2.05, 4.69) is 16.2 Å². The van der Waals surface area contributed by atoms with Crippen molar-refractivity contribution in [1.82, 2.24) is 16.2 Å². The number of halogens is 1. The molecule has 1 aliphatic heterocycles. The summed E-state index contributed by atoms with van der Waals surface area (Å²) >= 11 is 0. The molecule has 3 unspecified atom stereocenters. The highest BCUT2D eigenvalue weighted by Gasteiger charge is 2.32. The van der Waals surface area contributed by atoms with E-state index in [1.807, 2.05) is 54.6 Å². The van der Waals surface area contributed by atoms with Crippen LogP contribution in [-0.2, 0) is 16.0 Å². The van der Waals surface area contributed by atoms with Crippen molar-refractivity contribution in [2.75, 3.05) is 0 Å². The van der Waals surface area contributed by atoms with Crippen LogP contribution >= 0.6 is 0 Å². The Morgan fingerprint density at radius 3 is 2.26 bits per heavy atom. The predicted molar refractivity (Wildman–Crippen MR) is 130 cm³/mol. The lowest BCUT2D eigenvalue weighted by Gasteiger charge is -2.22. The van der Waals surface area contributed by atoms with Crippen molar-refractivity contribution in [3.8, 4) is 11.1 Å². The first-order chi connectivity index (χ1) is 16.9. The second kappa shape index (κ2) is 11.2. The van der Waals surface area contributed by atoms with Gasteiger partial charge in [0, 0.05) is 18.5 Å². The van der Waals surface area contributed by atoms with E-state index in [1.54, 1.807) is 12.1 Å². The SMILES string of the molecule is O=C(NC(Cc1ccc(-c2ccccc2)cc1)C[C@@H](O)C(=O)O)C1CC(c2ccc(F)cc2)NN1. The number of amides is 1. The van der Waals surface area contributed by atoms with E-state index in [9.17, 15) is 24.2 Å². The number of aliphatic hydroxyl groups is 1. The lowest BCUT2D eigenvalue weighted by atomic mass is 9.97. The minimum absolute atomic E-state index is 0.122. The van der Waals surface area contributed by atoms with E-state index in [1.165, 1.54) is 12.1 Å². The molecule has 0 spiro atoms. The van der Waals surface area contributed by atoms with Crippen molar-refractivity contribution < 1.29 is 24.2 Å². The van der Waals surface area contributed by atoms with Crippen LogP contribution in [0.25, 0.3) is 11.1 Å². The predicted octanol–water partition coefficient (Wildman–Crippen LogP) is 2.96. The van der Waals surface area contributed by atoms with Crippen LogP contribution in [0.4, 0.5) is 4.39 Å². The number of aliphatic hydroxyl groups excluding tert-OH is 1. The highest BCUT2D eigenvalue weighted by molar-refractivity contribution is 5.82. The fourth-order valence-electron chi connectivity index (χ4n) is 4.26. The maximum Gasteiger partial charge on any atom is 0.332 e. The minimum atomic E-state index is -1.59. The van der Waals surface area contributed by atoms with E-state index in [4.69, 9.17) is 0 Å². The Bertz CT molecular complexity index is 1140. The minimum Gasteiger partial charge on any atom is -0.479 e. The lowest BCUT2D eigenvalue weighted by molar-refractivity contribution is -0.147. The summed E-state index contributed by atoms with van der Waals surface area (Å²) in [6, 6.07) is 22.5. The van der Waals surface area contributed by atoms with Crippen LogP contribution in [0.1, 0.15) is 30.0 Å². The Morgan fingerprint density at radius 1 is 0.943 bits per heavy atom. The van der Waals surface area contributed by atoms with Gasteiger partial charge in [-0.1, -0.05) is 66.7 Å². The zero-order valence-electron chi connectivity index (χ0n) is 19.0. The quantitative estimate of drug-likeness (QED) is 0.324. The van der Waals surface area contributed by atoms with Gasteiger partial charge >= 0.3 is 5.97 Å². The fourth-order valence-corrected chi connectivity index (χ4v) is 4.26. The van der Waals surface area contributed by atoms with E-state index >= 15 is 0 Å². The van der Waals surface area contributed by atoms with E-state index in [-0.39, 0.29) is 24.2 Å². The Labute approximate surface area is 203 Å². The number of hydrogen-bond donors (Lipinski definition) is 5. The van der Waals surface area contributed by atoms with Crippen molar-refractivity contribution in [2.24, 2.45) is 0 Å². The number of hydrazine groups is 1. The van der Waals surface area contributed by atoms with Crippen LogP contribution in [0.2, 0.25) is 0 Å². The van der Waals surface area contributed by atoms with Gasteiger partial charge in [-0.2, -0.15) is 0 Å². The van der Waals surface area contributed by atoms with Crippen LogP contribution < -0.4 is 16.2 Å². The molecule has 3 aromatic rings. The summed E-state index contributed by atoms with van der Waals surface area (Å²) in [5.74, 6) is -1.96. The van der Waals surface area contributed by atoms with Crippen LogP contribution in [0, 0.1) is 5.82 Å². The number of rotatable bonds is 9. The molecule has 1 aliphatic rings. The van der Waals surface area contributed by atoms with Gasteiger partial charge in [-0.3, -0.25) is 4.79 Å². The Balaban J connectivity index is 1.41. The zero-order valence-corrected chi connectivity index (χ0v) is 19.0. The molecule has 4 atom stereocenters. The number of nitrogens with one attached hydrogen (secondary N) is 3. The third kappa shape index (κ3) is 6.51. The fraction of sp³-hybridized carbons (Fsp3) is 0.259. The molecule has 1 saturated heterocycles. The van der Waals surface area contributed by atoms with Gasteiger partial charge in [-0.15, -0.1) is 0 Å². The molecular weight excluding hydrogens is 449 g/mol. The molecule has 8 heteroatoms. The van der Waals surface area contributed by atoms with Crippen molar-refractivity contribution in [1.29, 1.82) is 0 Å². The summed E-state index contributed by atoms with van der Waals surface area (Å²) in [4.78, 5) is 24.2. The molecule has 35 heavy (non-hydrogen) atoms. The molecule has 3 aromatic carbocycles. The summed E-state index contributed by atoms with van der Waals surface area (Å²) in [6.07, 6.45) is -0.904. The van der Waals surface area contributed by atoms with Gasteiger partial charge in [0.25, 0.3) is 0 Å².